The fraction of sp³-hybridized carbons (Fsp3) is 0.375. The van der Waals surface area contributed by atoms with Gasteiger partial charge in [0, 0.05) is 4.88 Å². The lowest BCUT2D eigenvalue weighted by atomic mass is 9.94. The van der Waals surface area contributed by atoms with E-state index in [0.717, 1.165) is 48.1 Å². The molecular weight excluding hydrogens is 346 g/mol. The minimum absolute atomic E-state index is 0.146. The molecule has 3 rings (SSSR count). The third-order valence-corrected chi connectivity index (χ3v) is 5.37. The third-order valence-electron chi connectivity index (χ3n) is 4.16. The Labute approximate surface area is 147 Å². The zero-order valence-corrected chi connectivity index (χ0v) is 14.2. The van der Waals surface area contributed by atoms with Gasteiger partial charge in [-0.2, -0.15) is 5.26 Å². The largest absolute Gasteiger partial charge is 0.480 e. The number of nitriles is 1. The fourth-order valence-electron chi connectivity index (χ4n) is 3.07. The molecule has 1 amide bonds. The van der Waals surface area contributed by atoms with Gasteiger partial charge in [0.25, 0.3) is 5.91 Å². The van der Waals surface area contributed by atoms with Crippen molar-refractivity contribution in [3.05, 3.63) is 27.4 Å². The van der Waals surface area contributed by atoms with Gasteiger partial charge in [0.2, 0.25) is 0 Å². The first-order valence-corrected chi connectivity index (χ1v) is 8.47. The summed E-state index contributed by atoms with van der Waals surface area (Å²) in [6.07, 6.45) is 3.63. The van der Waals surface area contributed by atoms with Crippen LogP contribution in [0.2, 0.25) is 0 Å². The number of hydrogen-bond donors (Lipinski definition) is 2. The molecular formula is C16H15N3O5S. The van der Waals surface area contributed by atoms with E-state index in [1.54, 1.807) is 6.07 Å². The second-order valence-corrected chi connectivity index (χ2v) is 6.76. The Morgan fingerprint density at radius 1 is 1.40 bits per heavy atom. The molecule has 2 N–H and O–H groups in total. The Bertz CT molecular complexity index is 849. The summed E-state index contributed by atoms with van der Waals surface area (Å²) < 4.78 is 4.57. The number of carbonyl (C=O) groups excluding carboxylic acids is 2. The predicted molar refractivity (Wildman–Crippen MR) is 87.9 cm³/mol. The van der Waals surface area contributed by atoms with Crippen LogP contribution in [0.5, 0.6) is 0 Å². The van der Waals surface area contributed by atoms with E-state index in [-0.39, 0.29) is 5.82 Å². The fourth-order valence-corrected chi connectivity index (χ4v) is 4.35. The molecule has 0 fully saturated rings. The van der Waals surface area contributed by atoms with Crippen LogP contribution in [-0.2, 0) is 27.2 Å². The molecule has 9 heteroatoms. The quantitative estimate of drug-likeness (QED) is 0.475. The second-order valence-electron chi connectivity index (χ2n) is 5.65. The molecule has 1 aromatic rings. The normalized spacial score (nSPS) is 17.8. The molecule has 0 atom stereocenters. The molecule has 0 bridgehead atoms. The number of fused-ring (bicyclic) bond motifs is 3. The highest BCUT2D eigenvalue weighted by atomic mass is 32.1. The Morgan fingerprint density at radius 3 is 2.76 bits per heavy atom. The Morgan fingerprint density at radius 2 is 2.12 bits per heavy atom. The topological polar surface area (TPSA) is 120 Å². The van der Waals surface area contributed by atoms with Crippen LogP contribution in [0.25, 0.3) is 0 Å². The van der Waals surface area contributed by atoms with Crippen LogP contribution in [0, 0.1) is 11.3 Å². The van der Waals surface area contributed by atoms with Crippen molar-refractivity contribution in [1.29, 1.82) is 5.26 Å². The van der Waals surface area contributed by atoms with Crippen LogP contribution in [0.15, 0.2) is 11.4 Å². The molecule has 0 saturated heterocycles. The van der Waals surface area contributed by atoms with Gasteiger partial charge in [-0.3, -0.25) is 14.5 Å². The lowest BCUT2D eigenvalue weighted by Gasteiger charge is -2.30. The summed E-state index contributed by atoms with van der Waals surface area (Å²) in [4.78, 5) is 38.0. The summed E-state index contributed by atoms with van der Waals surface area (Å²) in [5.41, 5.74) is 0.954. The molecule has 0 aromatic carbocycles. The zero-order chi connectivity index (χ0) is 18.1. The first-order chi connectivity index (χ1) is 12.0. The summed E-state index contributed by atoms with van der Waals surface area (Å²) in [6, 6.07) is 1.70. The molecule has 0 saturated carbocycles. The number of thiophene rings is 1. The summed E-state index contributed by atoms with van der Waals surface area (Å²) in [7, 11) is 1.11. The highest BCUT2D eigenvalue weighted by Crippen LogP contribution is 2.42. The summed E-state index contributed by atoms with van der Waals surface area (Å²) in [6.45, 7) is -0.659. The molecule has 130 valence electrons. The van der Waals surface area contributed by atoms with Crippen LogP contribution in [-0.4, -0.2) is 41.5 Å². The Hall–Kier alpha value is -2.86. The van der Waals surface area contributed by atoms with Gasteiger partial charge >= 0.3 is 11.9 Å². The van der Waals surface area contributed by atoms with Crippen molar-refractivity contribution in [2.75, 3.05) is 19.0 Å². The first-order valence-electron chi connectivity index (χ1n) is 7.65. The maximum absolute atomic E-state index is 13.0. The minimum Gasteiger partial charge on any atom is -0.480 e. The second kappa shape index (κ2) is 6.57. The van der Waals surface area contributed by atoms with Crippen LogP contribution in [0.1, 0.15) is 33.6 Å². The number of amides is 1. The molecule has 0 spiro atoms. The van der Waals surface area contributed by atoms with Gasteiger partial charge in [0.15, 0.2) is 5.57 Å². The van der Waals surface area contributed by atoms with Crippen LogP contribution >= 0.6 is 11.3 Å². The predicted octanol–water partition coefficient (Wildman–Crippen LogP) is 1.49. The number of aryl methyl sites for hydroxylation is 1. The van der Waals surface area contributed by atoms with Crippen molar-refractivity contribution >= 4 is 34.2 Å². The molecule has 0 unspecified atom stereocenters. The van der Waals surface area contributed by atoms with E-state index < -0.39 is 30.0 Å². The van der Waals surface area contributed by atoms with E-state index in [0.29, 0.717) is 10.6 Å². The standard InChI is InChI=1S/C16H15N3O5S/c1-24-16(23)9(6-17)13-18-14-12(15(22)19(13)7-11(20)21)8-4-2-3-5-10(8)25-14/h18H,2-5,7H2,1H3,(H,20,21)/b13-9-. The van der Waals surface area contributed by atoms with E-state index in [4.69, 9.17) is 5.11 Å². The van der Waals surface area contributed by atoms with Crippen LogP contribution in [0.3, 0.4) is 0 Å². The monoisotopic (exact) mass is 361 g/mol. The van der Waals surface area contributed by atoms with Crippen molar-refractivity contribution < 1.29 is 24.2 Å². The molecule has 0 radical (unpaired) electrons. The van der Waals surface area contributed by atoms with Gasteiger partial charge in [-0.25, -0.2) is 4.79 Å². The molecule has 1 aromatic heterocycles. The zero-order valence-electron chi connectivity index (χ0n) is 13.4. The van der Waals surface area contributed by atoms with Crippen molar-refractivity contribution in [3.63, 3.8) is 0 Å². The molecule has 25 heavy (non-hydrogen) atoms. The maximum Gasteiger partial charge on any atom is 0.352 e. The summed E-state index contributed by atoms with van der Waals surface area (Å²) in [5, 5.41) is 21.9. The Balaban J connectivity index is 2.17. The minimum atomic E-state index is -1.25. The van der Waals surface area contributed by atoms with Gasteiger partial charge in [-0.1, -0.05) is 0 Å². The highest BCUT2D eigenvalue weighted by molar-refractivity contribution is 7.16. The third kappa shape index (κ3) is 2.85. The number of carbonyl (C=O) groups is 3. The number of aliphatic carboxylic acids is 1. The highest BCUT2D eigenvalue weighted by Gasteiger charge is 2.38. The van der Waals surface area contributed by atoms with E-state index in [2.05, 4.69) is 10.1 Å². The van der Waals surface area contributed by atoms with Gasteiger partial charge in [-0.05, 0) is 31.2 Å². The smallest absolute Gasteiger partial charge is 0.352 e. The number of rotatable bonds is 3. The van der Waals surface area contributed by atoms with Gasteiger partial charge in [-0.15, -0.1) is 11.3 Å². The van der Waals surface area contributed by atoms with Gasteiger partial charge < -0.3 is 15.2 Å². The number of carboxylic acid groups (broad SMARTS) is 1. The molecule has 2 heterocycles. The van der Waals surface area contributed by atoms with E-state index in [1.807, 2.05) is 0 Å². The SMILES string of the molecule is COC(=O)/C(C#N)=C1/Nc2sc3c(c2C(=O)N1CC(=O)O)CCCC3. The number of anilines is 1. The summed E-state index contributed by atoms with van der Waals surface area (Å²) in [5.74, 6) is -2.84. The van der Waals surface area contributed by atoms with E-state index in [9.17, 15) is 19.6 Å². The number of nitrogens with zero attached hydrogens (tertiary/aromatic N) is 2. The lowest BCUT2D eigenvalue weighted by molar-refractivity contribution is -0.138. The van der Waals surface area contributed by atoms with Crippen molar-refractivity contribution in [1.82, 2.24) is 4.90 Å². The van der Waals surface area contributed by atoms with Crippen LogP contribution in [0.4, 0.5) is 5.00 Å². The molecule has 1 aliphatic carbocycles. The number of methoxy groups -OCH3 is 1. The van der Waals surface area contributed by atoms with Crippen molar-refractivity contribution in [2.45, 2.75) is 25.7 Å². The number of hydrogen-bond acceptors (Lipinski definition) is 7. The lowest BCUT2D eigenvalue weighted by Crippen LogP contribution is -2.42. The van der Waals surface area contributed by atoms with E-state index >= 15 is 0 Å². The Kier molecular flexibility index (Phi) is 4.46. The van der Waals surface area contributed by atoms with Gasteiger partial charge in [0.1, 0.15) is 23.4 Å². The van der Waals surface area contributed by atoms with Crippen LogP contribution < -0.4 is 5.32 Å². The molecule has 2 aliphatic rings. The average molecular weight is 361 g/mol. The molecule has 8 nitrogen and oxygen atoms in total. The maximum atomic E-state index is 13.0. The number of carboxylic acids is 1. The van der Waals surface area contributed by atoms with Crippen molar-refractivity contribution in [2.24, 2.45) is 0 Å². The molecule has 1 aliphatic heterocycles. The number of nitrogens with one attached hydrogen (secondary N) is 1. The van der Waals surface area contributed by atoms with Crippen molar-refractivity contribution in [3.8, 4) is 6.07 Å². The number of ether oxygens (including phenoxy) is 1. The average Bonchev–Trinajstić information content (AvgIpc) is 2.96. The van der Waals surface area contributed by atoms with E-state index in [1.165, 1.54) is 11.3 Å². The van der Waals surface area contributed by atoms with Gasteiger partial charge in [0.05, 0.1) is 12.7 Å². The first kappa shape index (κ1) is 17.0. The summed E-state index contributed by atoms with van der Waals surface area (Å²) >= 11 is 1.41. The number of esters is 1.